The molecule has 0 amide bonds. The van der Waals surface area contributed by atoms with Gasteiger partial charge in [0.05, 0.1) is 4.90 Å². The Hall–Kier alpha value is -1.70. The van der Waals surface area contributed by atoms with E-state index in [0.29, 0.717) is 17.1 Å². The third-order valence-corrected chi connectivity index (χ3v) is 4.60. The van der Waals surface area contributed by atoms with Crippen LogP contribution in [0.25, 0.3) is 0 Å². The van der Waals surface area contributed by atoms with Crippen LogP contribution in [-0.2, 0) is 16.6 Å². The molecule has 0 bridgehead atoms. The molecule has 0 saturated heterocycles. The monoisotopic (exact) mass is 326 g/mol. The summed E-state index contributed by atoms with van der Waals surface area (Å²) in [5.74, 6) is 0.159. The lowest BCUT2D eigenvalue weighted by Crippen LogP contribution is -2.17. The molecule has 112 valence electrons. The van der Waals surface area contributed by atoms with Crippen molar-refractivity contribution in [2.24, 2.45) is 0 Å². The zero-order chi connectivity index (χ0) is 15.5. The quantitative estimate of drug-likeness (QED) is 0.877. The molecule has 0 unspecified atom stereocenters. The number of benzene rings is 1. The Morgan fingerprint density at radius 2 is 2.10 bits per heavy atom. The number of aromatic nitrogens is 2. The highest BCUT2D eigenvalue weighted by Crippen LogP contribution is 2.25. The van der Waals surface area contributed by atoms with E-state index in [2.05, 4.69) is 20.2 Å². The maximum absolute atomic E-state index is 12.5. The molecule has 6 nitrogen and oxygen atoms in total. The van der Waals surface area contributed by atoms with Crippen molar-refractivity contribution in [2.45, 2.75) is 18.4 Å². The maximum Gasteiger partial charge on any atom is 0.263 e. The van der Waals surface area contributed by atoms with Gasteiger partial charge in [-0.3, -0.25) is 4.72 Å². The third kappa shape index (κ3) is 3.69. The van der Waals surface area contributed by atoms with Crippen LogP contribution in [0.1, 0.15) is 11.1 Å². The van der Waals surface area contributed by atoms with Crippen molar-refractivity contribution < 1.29 is 8.42 Å². The Bertz CT molecular complexity index is 735. The molecule has 0 aliphatic heterocycles. The Balaban J connectivity index is 2.45. The van der Waals surface area contributed by atoms with Gasteiger partial charge in [0, 0.05) is 17.8 Å². The van der Waals surface area contributed by atoms with Crippen molar-refractivity contribution >= 4 is 27.4 Å². The van der Waals surface area contributed by atoms with Gasteiger partial charge in [-0.1, -0.05) is 11.6 Å². The van der Waals surface area contributed by atoms with E-state index in [4.69, 9.17) is 11.6 Å². The molecule has 2 N–H and O–H groups in total. The maximum atomic E-state index is 12.5. The summed E-state index contributed by atoms with van der Waals surface area (Å²) in [5, 5.41) is 10.7. The zero-order valence-corrected chi connectivity index (χ0v) is 13.2. The van der Waals surface area contributed by atoms with Gasteiger partial charge in [-0.2, -0.15) is 5.10 Å². The van der Waals surface area contributed by atoms with Crippen LogP contribution in [0.5, 0.6) is 0 Å². The van der Waals surface area contributed by atoms with Gasteiger partial charge in [-0.25, -0.2) is 8.42 Å². The topological polar surface area (TPSA) is 84.0 Å². The number of sulfonamides is 1. The molecule has 0 aliphatic carbocycles. The standard InChI is InChI=1S/C13H15ClN4O2S/c1-9-10(8-15-2)6-11(14)7-12(9)21(19,20)18-13-4-3-5-16-17-13/h3-7,15H,8H2,1-2H3,(H,17,18). The fourth-order valence-corrected chi connectivity index (χ4v) is 3.53. The number of rotatable bonds is 5. The molecule has 0 fully saturated rings. The Morgan fingerprint density at radius 1 is 1.33 bits per heavy atom. The average molecular weight is 327 g/mol. The first-order chi connectivity index (χ1) is 9.94. The summed E-state index contributed by atoms with van der Waals surface area (Å²) in [6.45, 7) is 2.27. The fraction of sp³-hybridized carbons (Fsp3) is 0.231. The highest BCUT2D eigenvalue weighted by atomic mass is 35.5. The predicted molar refractivity (Wildman–Crippen MR) is 81.8 cm³/mol. The van der Waals surface area contributed by atoms with Crippen molar-refractivity contribution in [3.8, 4) is 0 Å². The summed E-state index contributed by atoms with van der Waals surface area (Å²) in [6.07, 6.45) is 1.47. The second-order valence-corrected chi connectivity index (χ2v) is 6.52. The first kappa shape index (κ1) is 15.7. The van der Waals surface area contributed by atoms with E-state index in [1.54, 1.807) is 26.1 Å². The average Bonchev–Trinajstić information content (AvgIpc) is 2.43. The summed E-state index contributed by atoms with van der Waals surface area (Å²) in [6, 6.07) is 6.30. The van der Waals surface area contributed by atoms with Crippen LogP contribution in [0.2, 0.25) is 5.02 Å². The molecule has 2 aromatic rings. The van der Waals surface area contributed by atoms with Gasteiger partial charge < -0.3 is 5.32 Å². The van der Waals surface area contributed by atoms with E-state index >= 15 is 0 Å². The van der Waals surface area contributed by atoms with Gasteiger partial charge >= 0.3 is 0 Å². The van der Waals surface area contributed by atoms with Crippen LogP contribution in [0.3, 0.4) is 0 Å². The number of nitrogens with zero attached hydrogens (tertiary/aromatic N) is 2. The largest absolute Gasteiger partial charge is 0.316 e. The first-order valence-electron chi connectivity index (χ1n) is 6.18. The molecule has 0 aliphatic rings. The van der Waals surface area contributed by atoms with E-state index in [1.165, 1.54) is 18.3 Å². The Kier molecular flexibility index (Phi) is 4.76. The first-order valence-corrected chi connectivity index (χ1v) is 8.04. The van der Waals surface area contributed by atoms with Crippen LogP contribution < -0.4 is 10.0 Å². The molecule has 1 aromatic heterocycles. The number of hydrogen-bond donors (Lipinski definition) is 2. The van der Waals surface area contributed by atoms with Crippen molar-refractivity contribution in [2.75, 3.05) is 11.8 Å². The van der Waals surface area contributed by atoms with Gasteiger partial charge in [-0.05, 0) is 49.4 Å². The third-order valence-electron chi connectivity index (χ3n) is 2.90. The normalized spacial score (nSPS) is 11.4. The highest BCUT2D eigenvalue weighted by Gasteiger charge is 2.20. The van der Waals surface area contributed by atoms with Crippen LogP contribution in [0.15, 0.2) is 35.4 Å². The van der Waals surface area contributed by atoms with E-state index in [1.807, 2.05) is 0 Å². The Labute approximate surface area is 128 Å². The molecule has 2 rings (SSSR count). The number of anilines is 1. The second kappa shape index (κ2) is 6.38. The van der Waals surface area contributed by atoms with Crippen LogP contribution in [0.4, 0.5) is 5.82 Å². The van der Waals surface area contributed by atoms with Crippen molar-refractivity contribution in [3.63, 3.8) is 0 Å². The van der Waals surface area contributed by atoms with E-state index in [9.17, 15) is 8.42 Å². The molecule has 21 heavy (non-hydrogen) atoms. The summed E-state index contributed by atoms with van der Waals surface area (Å²) in [7, 11) is -1.99. The molecular formula is C13H15ClN4O2S. The number of hydrogen-bond acceptors (Lipinski definition) is 5. The fourth-order valence-electron chi connectivity index (χ4n) is 1.91. The van der Waals surface area contributed by atoms with Crippen molar-refractivity contribution in [1.82, 2.24) is 15.5 Å². The predicted octanol–water partition coefficient (Wildman–Crippen LogP) is 1.96. The number of nitrogens with one attached hydrogen (secondary N) is 2. The smallest absolute Gasteiger partial charge is 0.263 e. The zero-order valence-electron chi connectivity index (χ0n) is 11.6. The number of halogens is 1. The Morgan fingerprint density at radius 3 is 2.71 bits per heavy atom. The molecule has 1 aromatic carbocycles. The van der Waals surface area contributed by atoms with E-state index in [-0.39, 0.29) is 10.7 Å². The molecule has 0 atom stereocenters. The SMILES string of the molecule is CNCc1cc(Cl)cc(S(=O)(=O)Nc2cccnn2)c1C. The molecule has 0 radical (unpaired) electrons. The van der Waals surface area contributed by atoms with Gasteiger partial charge in [0.2, 0.25) is 0 Å². The molecular weight excluding hydrogens is 312 g/mol. The molecule has 1 heterocycles. The van der Waals surface area contributed by atoms with Gasteiger partial charge in [-0.15, -0.1) is 5.10 Å². The lowest BCUT2D eigenvalue weighted by Gasteiger charge is -2.13. The minimum Gasteiger partial charge on any atom is -0.316 e. The summed E-state index contributed by atoms with van der Waals surface area (Å²) in [4.78, 5) is 0.130. The van der Waals surface area contributed by atoms with Crippen LogP contribution >= 0.6 is 11.6 Å². The molecule has 8 heteroatoms. The summed E-state index contributed by atoms with van der Waals surface area (Å²) < 4.78 is 27.3. The highest BCUT2D eigenvalue weighted by molar-refractivity contribution is 7.92. The van der Waals surface area contributed by atoms with Crippen molar-refractivity contribution in [1.29, 1.82) is 0 Å². The van der Waals surface area contributed by atoms with E-state index in [0.717, 1.165) is 5.56 Å². The molecule has 0 saturated carbocycles. The lowest BCUT2D eigenvalue weighted by atomic mass is 10.1. The van der Waals surface area contributed by atoms with Gasteiger partial charge in [0.1, 0.15) is 0 Å². The van der Waals surface area contributed by atoms with Crippen LogP contribution in [-0.4, -0.2) is 25.7 Å². The minimum atomic E-state index is -3.77. The second-order valence-electron chi connectivity index (χ2n) is 4.43. The van der Waals surface area contributed by atoms with Gasteiger partial charge in [0.15, 0.2) is 5.82 Å². The van der Waals surface area contributed by atoms with Gasteiger partial charge in [0.25, 0.3) is 10.0 Å². The summed E-state index contributed by atoms with van der Waals surface area (Å²) >= 11 is 6.02. The lowest BCUT2D eigenvalue weighted by molar-refractivity contribution is 0.600. The van der Waals surface area contributed by atoms with Crippen molar-refractivity contribution in [3.05, 3.63) is 46.6 Å². The van der Waals surface area contributed by atoms with E-state index < -0.39 is 10.0 Å². The molecule has 0 spiro atoms. The van der Waals surface area contributed by atoms with Crippen LogP contribution in [0, 0.1) is 6.92 Å². The summed E-state index contributed by atoms with van der Waals surface area (Å²) in [5.41, 5.74) is 1.47. The minimum absolute atomic E-state index is 0.130.